The van der Waals surface area contributed by atoms with Crippen LogP contribution >= 0.6 is 0 Å². The maximum atomic E-state index is 5.16. The molecule has 0 bridgehead atoms. The molecular weight excluding hydrogens is 250 g/mol. The van der Waals surface area contributed by atoms with E-state index in [0.29, 0.717) is 0 Å². The van der Waals surface area contributed by atoms with Crippen molar-refractivity contribution in [1.29, 1.82) is 0 Å². The predicted octanol–water partition coefficient (Wildman–Crippen LogP) is 3.20. The molecule has 0 aliphatic carbocycles. The van der Waals surface area contributed by atoms with Crippen LogP contribution in [-0.2, 0) is 6.42 Å². The molecule has 20 heavy (non-hydrogen) atoms. The van der Waals surface area contributed by atoms with Gasteiger partial charge in [-0.25, -0.2) is 4.98 Å². The number of rotatable bonds is 4. The highest BCUT2D eigenvalue weighted by Gasteiger charge is 2.04. The van der Waals surface area contributed by atoms with E-state index in [0.717, 1.165) is 34.7 Å². The molecule has 0 unspecified atom stereocenters. The van der Waals surface area contributed by atoms with E-state index in [1.165, 1.54) is 5.56 Å². The molecule has 2 N–H and O–H groups in total. The third-order valence-corrected chi connectivity index (χ3v) is 3.35. The van der Waals surface area contributed by atoms with E-state index in [1.807, 2.05) is 31.3 Å². The van der Waals surface area contributed by atoms with Crippen molar-refractivity contribution >= 4 is 16.7 Å². The molecule has 102 valence electrons. The van der Waals surface area contributed by atoms with E-state index in [1.54, 1.807) is 7.11 Å². The summed E-state index contributed by atoms with van der Waals surface area (Å²) in [4.78, 5) is 7.98. The fourth-order valence-electron chi connectivity index (χ4n) is 2.24. The molecule has 0 saturated carbocycles. The Kier molecular flexibility index (Phi) is 3.29. The number of hydrogen-bond acceptors (Lipinski definition) is 3. The second-order valence-electron chi connectivity index (χ2n) is 4.69. The van der Waals surface area contributed by atoms with Crippen molar-refractivity contribution in [3.63, 3.8) is 0 Å². The molecule has 0 saturated heterocycles. The minimum atomic E-state index is 0.785. The number of anilines is 1. The number of nitrogens with one attached hydrogen (secondary N) is 2. The van der Waals surface area contributed by atoms with Crippen molar-refractivity contribution in [2.75, 3.05) is 19.5 Å². The minimum absolute atomic E-state index is 0.785. The number of imidazole rings is 1. The summed E-state index contributed by atoms with van der Waals surface area (Å²) in [7, 11) is 3.59. The van der Waals surface area contributed by atoms with Gasteiger partial charge in [-0.05, 0) is 35.9 Å². The molecule has 0 aliphatic heterocycles. The first-order chi connectivity index (χ1) is 9.78. The van der Waals surface area contributed by atoms with Crippen LogP contribution in [0.25, 0.3) is 11.0 Å². The number of aromatic amines is 1. The lowest BCUT2D eigenvalue weighted by atomic mass is 10.1. The maximum absolute atomic E-state index is 5.16. The summed E-state index contributed by atoms with van der Waals surface area (Å²) in [6.07, 6.45) is 0.785. The molecule has 0 radical (unpaired) electrons. The fraction of sp³-hybridized carbons (Fsp3) is 0.188. The van der Waals surface area contributed by atoms with Gasteiger partial charge in [-0.15, -0.1) is 0 Å². The summed E-state index contributed by atoms with van der Waals surface area (Å²) < 4.78 is 5.16. The van der Waals surface area contributed by atoms with E-state index in [-0.39, 0.29) is 0 Å². The minimum Gasteiger partial charge on any atom is -0.497 e. The summed E-state index contributed by atoms with van der Waals surface area (Å²) in [5.74, 6) is 1.84. The molecule has 1 heterocycles. The fourth-order valence-corrected chi connectivity index (χ4v) is 2.24. The average molecular weight is 267 g/mol. The van der Waals surface area contributed by atoms with Gasteiger partial charge in [-0.1, -0.05) is 12.1 Å². The number of fused-ring (bicyclic) bond motifs is 1. The molecule has 0 atom stereocenters. The zero-order valence-electron chi connectivity index (χ0n) is 11.6. The van der Waals surface area contributed by atoms with Gasteiger partial charge in [0.1, 0.15) is 11.6 Å². The highest BCUT2D eigenvalue weighted by atomic mass is 16.5. The van der Waals surface area contributed by atoms with E-state index >= 15 is 0 Å². The Hall–Kier alpha value is -2.49. The number of benzene rings is 2. The highest BCUT2D eigenvalue weighted by molar-refractivity contribution is 5.79. The van der Waals surface area contributed by atoms with Gasteiger partial charge in [-0.2, -0.15) is 0 Å². The van der Waals surface area contributed by atoms with E-state index in [2.05, 4.69) is 33.5 Å². The van der Waals surface area contributed by atoms with Crippen molar-refractivity contribution < 1.29 is 4.74 Å². The molecule has 2 aromatic carbocycles. The molecule has 0 spiro atoms. The summed E-state index contributed by atoms with van der Waals surface area (Å²) >= 11 is 0. The number of hydrogen-bond donors (Lipinski definition) is 2. The lowest BCUT2D eigenvalue weighted by Gasteiger charge is -2.01. The molecule has 0 aliphatic rings. The second-order valence-corrected chi connectivity index (χ2v) is 4.69. The number of nitrogens with zero attached hydrogens (tertiary/aromatic N) is 1. The molecule has 4 heteroatoms. The number of H-pyrrole nitrogens is 1. The average Bonchev–Trinajstić information content (AvgIpc) is 2.89. The molecule has 0 fully saturated rings. The highest BCUT2D eigenvalue weighted by Crippen LogP contribution is 2.19. The Morgan fingerprint density at radius 3 is 2.65 bits per heavy atom. The van der Waals surface area contributed by atoms with Gasteiger partial charge in [0.15, 0.2) is 0 Å². The monoisotopic (exact) mass is 267 g/mol. The molecule has 1 aromatic heterocycles. The smallest absolute Gasteiger partial charge is 0.118 e. The molecule has 0 amide bonds. The first kappa shape index (κ1) is 12.5. The Morgan fingerprint density at radius 1 is 1.15 bits per heavy atom. The van der Waals surface area contributed by atoms with Crippen LogP contribution in [0, 0.1) is 0 Å². The molecular formula is C16H17N3O. The van der Waals surface area contributed by atoms with Crippen molar-refractivity contribution in [2.45, 2.75) is 6.42 Å². The topological polar surface area (TPSA) is 49.9 Å². The number of methoxy groups -OCH3 is 1. The Morgan fingerprint density at radius 2 is 1.95 bits per heavy atom. The van der Waals surface area contributed by atoms with Crippen LogP contribution in [0.5, 0.6) is 5.75 Å². The van der Waals surface area contributed by atoms with Gasteiger partial charge < -0.3 is 15.0 Å². The van der Waals surface area contributed by atoms with Crippen LogP contribution in [0.15, 0.2) is 42.5 Å². The van der Waals surface area contributed by atoms with Gasteiger partial charge in [0.2, 0.25) is 0 Å². The van der Waals surface area contributed by atoms with Crippen LogP contribution in [-0.4, -0.2) is 24.1 Å². The first-order valence-electron chi connectivity index (χ1n) is 6.58. The van der Waals surface area contributed by atoms with Crippen LogP contribution in [0.4, 0.5) is 5.69 Å². The number of aromatic nitrogens is 2. The van der Waals surface area contributed by atoms with Crippen molar-refractivity contribution in [3.8, 4) is 5.75 Å². The largest absolute Gasteiger partial charge is 0.497 e. The summed E-state index contributed by atoms with van der Waals surface area (Å²) in [5.41, 5.74) is 4.34. The van der Waals surface area contributed by atoms with Crippen LogP contribution in [0.3, 0.4) is 0 Å². The standard InChI is InChI=1S/C16H17N3O/c1-17-12-5-8-14-15(10-12)19-16(18-14)9-11-3-6-13(20-2)7-4-11/h3-8,10,17H,9H2,1-2H3,(H,18,19). The van der Waals surface area contributed by atoms with E-state index < -0.39 is 0 Å². The zero-order valence-corrected chi connectivity index (χ0v) is 11.6. The maximum Gasteiger partial charge on any atom is 0.118 e. The Balaban J connectivity index is 1.86. The lowest BCUT2D eigenvalue weighted by molar-refractivity contribution is 0.414. The summed E-state index contributed by atoms with van der Waals surface area (Å²) in [6, 6.07) is 14.2. The van der Waals surface area contributed by atoms with Crippen molar-refractivity contribution in [3.05, 3.63) is 53.9 Å². The van der Waals surface area contributed by atoms with E-state index in [4.69, 9.17) is 4.74 Å². The Labute approximate surface area is 117 Å². The summed E-state index contributed by atoms with van der Waals surface area (Å²) in [6.45, 7) is 0. The third kappa shape index (κ3) is 2.45. The SMILES string of the molecule is CNc1ccc2nc(Cc3ccc(OC)cc3)[nH]c2c1. The van der Waals surface area contributed by atoms with E-state index in [9.17, 15) is 0 Å². The predicted molar refractivity (Wildman–Crippen MR) is 81.4 cm³/mol. The second kappa shape index (κ2) is 5.25. The zero-order chi connectivity index (χ0) is 13.9. The normalized spacial score (nSPS) is 10.7. The molecule has 3 aromatic rings. The first-order valence-corrected chi connectivity index (χ1v) is 6.58. The molecule has 4 nitrogen and oxygen atoms in total. The van der Waals surface area contributed by atoms with Crippen LogP contribution in [0.2, 0.25) is 0 Å². The van der Waals surface area contributed by atoms with Crippen molar-refractivity contribution in [1.82, 2.24) is 9.97 Å². The van der Waals surface area contributed by atoms with Gasteiger partial charge in [-0.3, -0.25) is 0 Å². The lowest BCUT2D eigenvalue weighted by Crippen LogP contribution is -1.91. The van der Waals surface area contributed by atoms with Crippen molar-refractivity contribution in [2.24, 2.45) is 0 Å². The summed E-state index contributed by atoms with van der Waals surface area (Å²) in [5, 5.41) is 3.13. The third-order valence-electron chi connectivity index (χ3n) is 3.35. The van der Waals surface area contributed by atoms with Gasteiger partial charge in [0.25, 0.3) is 0 Å². The quantitative estimate of drug-likeness (QED) is 0.763. The van der Waals surface area contributed by atoms with Crippen LogP contribution < -0.4 is 10.1 Å². The van der Waals surface area contributed by atoms with Gasteiger partial charge in [0.05, 0.1) is 18.1 Å². The van der Waals surface area contributed by atoms with Crippen LogP contribution in [0.1, 0.15) is 11.4 Å². The number of ether oxygens (including phenoxy) is 1. The Bertz CT molecular complexity index is 716. The van der Waals surface area contributed by atoms with Gasteiger partial charge in [0, 0.05) is 19.2 Å². The van der Waals surface area contributed by atoms with Gasteiger partial charge >= 0.3 is 0 Å². The molecule has 3 rings (SSSR count).